The van der Waals surface area contributed by atoms with E-state index in [9.17, 15) is 13.6 Å². The molecule has 2 aromatic carbocycles. The molecule has 1 amide bonds. The maximum atomic E-state index is 13.5. The second-order valence-corrected chi connectivity index (χ2v) is 7.53. The first-order chi connectivity index (χ1) is 15.0. The minimum absolute atomic E-state index is 0.124. The SMILES string of the molecule is COc1ccc(CCC(=O)Nc2ccsc2-c2nc(-c3ccc(F)c(F)c3)no2)cc1. The van der Waals surface area contributed by atoms with Crippen LogP contribution < -0.4 is 10.1 Å². The van der Waals surface area contributed by atoms with Crippen LogP contribution in [-0.4, -0.2) is 23.2 Å². The fourth-order valence-electron chi connectivity index (χ4n) is 2.90. The van der Waals surface area contributed by atoms with E-state index in [-0.39, 0.29) is 23.2 Å². The van der Waals surface area contributed by atoms with E-state index < -0.39 is 11.6 Å². The molecule has 0 radical (unpaired) electrons. The van der Waals surface area contributed by atoms with Gasteiger partial charge in [-0.1, -0.05) is 17.3 Å². The number of benzene rings is 2. The van der Waals surface area contributed by atoms with Crippen LogP contribution in [0.2, 0.25) is 0 Å². The largest absolute Gasteiger partial charge is 0.497 e. The number of rotatable bonds is 7. The van der Waals surface area contributed by atoms with Crippen LogP contribution in [-0.2, 0) is 11.2 Å². The van der Waals surface area contributed by atoms with E-state index in [1.165, 1.54) is 17.4 Å². The van der Waals surface area contributed by atoms with Crippen LogP contribution in [0.5, 0.6) is 5.75 Å². The number of ether oxygens (including phenoxy) is 1. The number of anilines is 1. The second kappa shape index (κ2) is 9.05. The number of nitrogens with one attached hydrogen (secondary N) is 1. The van der Waals surface area contributed by atoms with Gasteiger partial charge in [-0.3, -0.25) is 4.79 Å². The number of amides is 1. The summed E-state index contributed by atoms with van der Waals surface area (Å²) < 4.78 is 37.0. The lowest BCUT2D eigenvalue weighted by Crippen LogP contribution is -2.12. The fourth-order valence-corrected chi connectivity index (χ4v) is 3.67. The number of nitrogens with zero attached hydrogens (tertiary/aromatic N) is 2. The Labute approximate surface area is 180 Å². The number of halogens is 2. The van der Waals surface area contributed by atoms with E-state index in [0.717, 1.165) is 23.4 Å². The summed E-state index contributed by atoms with van der Waals surface area (Å²) in [6.07, 6.45) is 0.877. The maximum Gasteiger partial charge on any atom is 0.270 e. The van der Waals surface area contributed by atoms with Gasteiger partial charge in [0, 0.05) is 12.0 Å². The summed E-state index contributed by atoms with van der Waals surface area (Å²) in [6.45, 7) is 0. The Morgan fingerprint density at radius 1 is 1.13 bits per heavy atom. The van der Waals surface area contributed by atoms with Crippen LogP contribution in [0.4, 0.5) is 14.5 Å². The van der Waals surface area contributed by atoms with Crippen LogP contribution in [0.3, 0.4) is 0 Å². The van der Waals surface area contributed by atoms with E-state index in [4.69, 9.17) is 9.26 Å². The first kappa shape index (κ1) is 20.7. The van der Waals surface area contributed by atoms with Gasteiger partial charge in [-0.2, -0.15) is 4.98 Å². The second-order valence-electron chi connectivity index (χ2n) is 6.61. The average Bonchev–Trinajstić information content (AvgIpc) is 3.44. The summed E-state index contributed by atoms with van der Waals surface area (Å²) in [6, 6.07) is 12.6. The number of carbonyl (C=O) groups is 1. The summed E-state index contributed by atoms with van der Waals surface area (Å²) in [5, 5.41) is 8.48. The molecule has 6 nitrogen and oxygen atoms in total. The van der Waals surface area contributed by atoms with Crippen LogP contribution >= 0.6 is 11.3 Å². The van der Waals surface area contributed by atoms with Gasteiger partial charge in [-0.15, -0.1) is 11.3 Å². The van der Waals surface area contributed by atoms with Crippen molar-refractivity contribution in [1.29, 1.82) is 0 Å². The Morgan fingerprint density at radius 3 is 2.68 bits per heavy atom. The standard InChI is InChI=1S/C22H17F2N3O3S/c1-29-15-6-2-13(3-7-15)4-9-19(28)25-18-10-11-31-20(18)22-26-21(27-30-22)14-5-8-16(23)17(24)12-14/h2-3,5-8,10-12H,4,9H2,1H3,(H,25,28). The third-order valence-corrected chi connectivity index (χ3v) is 5.44. The van der Waals surface area contributed by atoms with Gasteiger partial charge in [0.05, 0.1) is 12.8 Å². The van der Waals surface area contributed by atoms with Crippen molar-refractivity contribution in [3.8, 4) is 27.9 Å². The molecule has 0 saturated heterocycles. The van der Waals surface area contributed by atoms with Gasteiger partial charge < -0.3 is 14.6 Å². The summed E-state index contributed by atoms with van der Waals surface area (Å²) in [5.74, 6) is -1.04. The zero-order valence-electron chi connectivity index (χ0n) is 16.4. The third kappa shape index (κ3) is 4.77. The normalized spacial score (nSPS) is 10.8. The number of hydrogen-bond donors (Lipinski definition) is 1. The van der Waals surface area contributed by atoms with E-state index in [0.29, 0.717) is 23.4 Å². The lowest BCUT2D eigenvalue weighted by molar-refractivity contribution is -0.116. The van der Waals surface area contributed by atoms with Crippen molar-refractivity contribution in [2.75, 3.05) is 12.4 Å². The van der Waals surface area contributed by atoms with Crippen molar-refractivity contribution < 1.29 is 22.8 Å². The Morgan fingerprint density at radius 2 is 1.94 bits per heavy atom. The van der Waals surface area contributed by atoms with Crippen molar-refractivity contribution in [2.45, 2.75) is 12.8 Å². The van der Waals surface area contributed by atoms with Crippen molar-refractivity contribution >= 4 is 22.9 Å². The van der Waals surface area contributed by atoms with Gasteiger partial charge in [-0.05, 0) is 53.8 Å². The maximum absolute atomic E-state index is 13.5. The van der Waals surface area contributed by atoms with Crippen LogP contribution in [0, 0.1) is 11.6 Å². The molecule has 158 valence electrons. The highest BCUT2D eigenvalue weighted by molar-refractivity contribution is 7.14. The zero-order chi connectivity index (χ0) is 21.8. The van der Waals surface area contributed by atoms with Crippen molar-refractivity contribution in [2.24, 2.45) is 0 Å². The molecule has 0 saturated carbocycles. The highest BCUT2D eigenvalue weighted by atomic mass is 32.1. The minimum Gasteiger partial charge on any atom is -0.497 e. The number of carbonyl (C=O) groups excluding carboxylic acids is 1. The van der Waals surface area contributed by atoms with Crippen molar-refractivity contribution in [3.05, 3.63) is 71.1 Å². The Kier molecular flexibility index (Phi) is 6.03. The molecular weight excluding hydrogens is 424 g/mol. The first-order valence-corrected chi connectivity index (χ1v) is 10.2. The Hall–Kier alpha value is -3.59. The molecule has 0 unspecified atom stereocenters. The van der Waals surface area contributed by atoms with Gasteiger partial charge >= 0.3 is 0 Å². The average molecular weight is 441 g/mol. The van der Waals surface area contributed by atoms with Crippen LogP contribution in [0.1, 0.15) is 12.0 Å². The molecule has 1 N–H and O–H groups in total. The number of aromatic nitrogens is 2. The van der Waals surface area contributed by atoms with Gasteiger partial charge in [0.2, 0.25) is 11.7 Å². The molecule has 0 aliphatic rings. The molecule has 4 rings (SSSR count). The molecule has 2 aromatic heterocycles. The third-order valence-electron chi connectivity index (χ3n) is 4.54. The monoisotopic (exact) mass is 441 g/mol. The molecule has 2 heterocycles. The highest BCUT2D eigenvalue weighted by Gasteiger charge is 2.18. The molecule has 4 aromatic rings. The summed E-state index contributed by atoms with van der Waals surface area (Å²) in [5.41, 5.74) is 1.86. The lowest BCUT2D eigenvalue weighted by atomic mass is 10.1. The number of methoxy groups -OCH3 is 1. The fraction of sp³-hybridized carbons (Fsp3) is 0.136. The molecule has 0 aliphatic heterocycles. The van der Waals surface area contributed by atoms with Gasteiger partial charge in [0.1, 0.15) is 10.6 Å². The quantitative estimate of drug-likeness (QED) is 0.420. The topological polar surface area (TPSA) is 77.2 Å². The van der Waals surface area contributed by atoms with E-state index in [1.54, 1.807) is 18.6 Å². The van der Waals surface area contributed by atoms with E-state index in [2.05, 4.69) is 15.5 Å². The lowest BCUT2D eigenvalue weighted by Gasteiger charge is -2.06. The van der Waals surface area contributed by atoms with E-state index >= 15 is 0 Å². The molecule has 0 atom stereocenters. The number of hydrogen-bond acceptors (Lipinski definition) is 6. The summed E-state index contributed by atoms with van der Waals surface area (Å²) >= 11 is 1.32. The van der Waals surface area contributed by atoms with Gasteiger partial charge in [0.15, 0.2) is 11.6 Å². The molecular formula is C22H17F2N3O3S. The summed E-state index contributed by atoms with van der Waals surface area (Å²) in [7, 11) is 1.60. The molecule has 0 spiro atoms. The molecule has 9 heteroatoms. The first-order valence-electron chi connectivity index (χ1n) is 9.33. The predicted molar refractivity (Wildman–Crippen MR) is 113 cm³/mol. The Bertz CT molecular complexity index is 1200. The number of aryl methyl sites for hydroxylation is 1. The van der Waals surface area contributed by atoms with Crippen LogP contribution in [0.25, 0.3) is 22.2 Å². The predicted octanol–water partition coefficient (Wildman–Crippen LogP) is 5.32. The highest BCUT2D eigenvalue weighted by Crippen LogP contribution is 2.34. The zero-order valence-corrected chi connectivity index (χ0v) is 17.2. The molecule has 31 heavy (non-hydrogen) atoms. The number of thiophene rings is 1. The van der Waals surface area contributed by atoms with Crippen LogP contribution in [0.15, 0.2) is 58.4 Å². The van der Waals surface area contributed by atoms with Gasteiger partial charge in [-0.25, -0.2) is 8.78 Å². The summed E-state index contributed by atoms with van der Waals surface area (Å²) in [4.78, 5) is 17.2. The smallest absolute Gasteiger partial charge is 0.270 e. The van der Waals surface area contributed by atoms with Crippen molar-refractivity contribution in [1.82, 2.24) is 10.1 Å². The molecule has 0 fully saturated rings. The van der Waals surface area contributed by atoms with E-state index in [1.807, 2.05) is 24.3 Å². The minimum atomic E-state index is -0.996. The van der Waals surface area contributed by atoms with Crippen molar-refractivity contribution in [3.63, 3.8) is 0 Å². The molecule has 0 aliphatic carbocycles. The Balaban J connectivity index is 1.43. The van der Waals surface area contributed by atoms with Gasteiger partial charge in [0.25, 0.3) is 5.89 Å². The molecule has 0 bridgehead atoms.